The standard InChI is InChI=1S/C10H15ClN2O2S2.ClH/c1-6-4-9(16-10(6)11)17(14,15)13-5-8(12)7-2-3-7;/h4,7-8,13H,2-3,5,12H2,1H3;1H. The van der Waals surface area contributed by atoms with Gasteiger partial charge in [-0.25, -0.2) is 13.1 Å². The molecule has 0 aliphatic heterocycles. The van der Waals surface area contributed by atoms with Crippen molar-refractivity contribution in [1.29, 1.82) is 0 Å². The maximum atomic E-state index is 11.9. The molecule has 3 N–H and O–H groups in total. The molecular weight excluding hydrogens is 315 g/mol. The molecule has 2 rings (SSSR count). The highest BCUT2D eigenvalue weighted by atomic mass is 35.5. The van der Waals surface area contributed by atoms with E-state index in [2.05, 4.69) is 4.72 Å². The predicted molar refractivity (Wildman–Crippen MR) is 77.2 cm³/mol. The smallest absolute Gasteiger partial charge is 0.250 e. The number of aryl methyl sites for hydroxylation is 1. The number of nitrogens with two attached hydrogens (primary N) is 1. The van der Waals surface area contributed by atoms with Crippen molar-refractivity contribution in [3.8, 4) is 0 Å². The first-order chi connectivity index (χ1) is 7.90. The van der Waals surface area contributed by atoms with Crippen LogP contribution in [-0.4, -0.2) is 21.0 Å². The van der Waals surface area contributed by atoms with Crippen LogP contribution in [0.15, 0.2) is 10.3 Å². The molecule has 1 atom stereocenters. The second-order valence-electron chi connectivity index (χ2n) is 4.38. The maximum Gasteiger partial charge on any atom is 0.250 e. The van der Waals surface area contributed by atoms with Crippen molar-refractivity contribution in [2.24, 2.45) is 11.7 Å². The number of nitrogens with one attached hydrogen (secondary N) is 1. The SMILES string of the molecule is Cc1cc(S(=O)(=O)NCC(N)C2CC2)sc1Cl.Cl. The molecule has 4 nitrogen and oxygen atoms in total. The topological polar surface area (TPSA) is 72.2 Å². The summed E-state index contributed by atoms with van der Waals surface area (Å²) in [6, 6.07) is 1.50. The fourth-order valence-electron chi connectivity index (χ4n) is 1.53. The number of hydrogen-bond acceptors (Lipinski definition) is 4. The van der Waals surface area contributed by atoms with Gasteiger partial charge in [-0.05, 0) is 37.3 Å². The lowest BCUT2D eigenvalue weighted by atomic mass is 10.2. The molecule has 1 aromatic heterocycles. The zero-order valence-corrected chi connectivity index (χ0v) is 13.1. The van der Waals surface area contributed by atoms with Crippen LogP contribution in [0.1, 0.15) is 18.4 Å². The summed E-state index contributed by atoms with van der Waals surface area (Å²) in [6.07, 6.45) is 2.21. The van der Waals surface area contributed by atoms with Gasteiger partial charge in [0.05, 0.1) is 4.34 Å². The van der Waals surface area contributed by atoms with Crippen LogP contribution < -0.4 is 10.5 Å². The van der Waals surface area contributed by atoms with Crippen LogP contribution in [0.4, 0.5) is 0 Å². The molecule has 1 aliphatic rings. The highest BCUT2D eigenvalue weighted by Crippen LogP contribution is 2.32. The molecule has 1 aliphatic carbocycles. The van der Waals surface area contributed by atoms with Crippen LogP contribution in [0.3, 0.4) is 0 Å². The third-order valence-corrected chi connectivity index (χ3v) is 6.29. The van der Waals surface area contributed by atoms with Crippen molar-refractivity contribution in [1.82, 2.24) is 4.72 Å². The van der Waals surface area contributed by atoms with Gasteiger partial charge in [0.1, 0.15) is 4.21 Å². The fraction of sp³-hybridized carbons (Fsp3) is 0.600. The molecule has 1 heterocycles. The highest BCUT2D eigenvalue weighted by Gasteiger charge is 2.29. The van der Waals surface area contributed by atoms with Gasteiger partial charge in [-0.2, -0.15) is 0 Å². The van der Waals surface area contributed by atoms with E-state index in [9.17, 15) is 8.42 Å². The summed E-state index contributed by atoms with van der Waals surface area (Å²) in [5.74, 6) is 0.478. The van der Waals surface area contributed by atoms with E-state index >= 15 is 0 Å². The number of thiophene rings is 1. The maximum absolute atomic E-state index is 11.9. The van der Waals surface area contributed by atoms with Gasteiger partial charge in [0.15, 0.2) is 0 Å². The Morgan fingerprint density at radius 2 is 2.22 bits per heavy atom. The van der Waals surface area contributed by atoms with Gasteiger partial charge in [-0.3, -0.25) is 0 Å². The number of halogens is 2. The minimum absolute atomic E-state index is 0. The molecule has 1 saturated carbocycles. The summed E-state index contributed by atoms with van der Waals surface area (Å²) >= 11 is 6.93. The number of hydrogen-bond donors (Lipinski definition) is 2. The Hall–Kier alpha value is 0.150. The van der Waals surface area contributed by atoms with Crippen LogP contribution >= 0.6 is 35.3 Å². The van der Waals surface area contributed by atoms with Crippen molar-refractivity contribution in [3.05, 3.63) is 16.0 Å². The Morgan fingerprint density at radius 1 is 1.61 bits per heavy atom. The van der Waals surface area contributed by atoms with Crippen molar-refractivity contribution in [2.75, 3.05) is 6.54 Å². The minimum atomic E-state index is -3.46. The van der Waals surface area contributed by atoms with Gasteiger partial charge in [0, 0.05) is 12.6 Å². The molecule has 0 aromatic carbocycles. The van der Waals surface area contributed by atoms with E-state index in [4.69, 9.17) is 17.3 Å². The third-order valence-electron chi connectivity index (χ3n) is 2.84. The molecule has 0 spiro atoms. The van der Waals surface area contributed by atoms with Gasteiger partial charge in [0.25, 0.3) is 0 Å². The van der Waals surface area contributed by atoms with Crippen LogP contribution in [0.25, 0.3) is 0 Å². The zero-order valence-electron chi connectivity index (χ0n) is 9.85. The molecule has 0 amide bonds. The lowest BCUT2D eigenvalue weighted by Crippen LogP contribution is -2.38. The molecule has 0 bridgehead atoms. The Morgan fingerprint density at radius 3 is 2.67 bits per heavy atom. The van der Waals surface area contributed by atoms with E-state index in [-0.39, 0.29) is 22.7 Å². The van der Waals surface area contributed by atoms with E-state index in [1.165, 1.54) is 0 Å². The van der Waals surface area contributed by atoms with Crippen molar-refractivity contribution in [2.45, 2.75) is 30.0 Å². The summed E-state index contributed by atoms with van der Waals surface area (Å²) in [6.45, 7) is 2.08. The summed E-state index contributed by atoms with van der Waals surface area (Å²) in [7, 11) is -3.46. The molecule has 1 unspecified atom stereocenters. The van der Waals surface area contributed by atoms with E-state index in [1.807, 2.05) is 0 Å². The second-order valence-corrected chi connectivity index (χ2v) is 8.02. The normalized spacial score (nSPS) is 17.3. The molecule has 0 saturated heterocycles. The molecule has 18 heavy (non-hydrogen) atoms. The second kappa shape index (κ2) is 6.07. The van der Waals surface area contributed by atoms with Gasteiger partial charge >= 0.3 is 0 Å². The Balaban J connectivity index is 0.00000162. The van der Waals surface area contributed by atoms with E-state index in [0.29, 0.717) is 16.8 Å². The van der Waals surface area contributed by atoms with Crippen molar-refractivity contribution in [3.63, 3.8) is 0 Å². The molecule has 1 aromatic rings. The molecule has 8 heteroatoms. The highest BCUT2D eigenvalue weighted by molar-refractivity contribution is 7.91. The Labute approximate surface area is 122 Å². The van der Waals surface area contributed by atoms with Crippen LogP contribution in [0.5, 0.6) is 0 Å². The quantitative estimate of drug-likeness (QED) is 0.868. The van der Waals surface area contributed by atoms with Gasteiger partial charge in [0.2, 0.25) is 10.0 Å². The molecular formula is C10H16Cl2N2O2S2. The molecule has 0 radical (unpaired) electrons. The van der Waals surface area contributed by atoms with Gasteiger partial charge < -0.3 is 5.73 Å². The first-order valence-corrected chi connectivity index (χ1v) is 8.09. The summed E-state index contributed by atoms with van der Waals surface area (Å²) in [4.78, 5) is 0. The largest absolute Gasteiger partial charge is 0.326 e. The Bertz CT molecular complexity index is 492. The van der Waals surface area contributed by atoms with Gasteiger partial charge in [-0.15, -0.1) is 23.7 Å². The number of sulfonamides is 1. The first kappa shape index (κ1) is 16.2. The van der Waals surface area contributed by atoms with E-state index < -0.39 is 10.0 Å². The van der Waals surface area contributed by atoms with E-state index in [1.54, 1.807) is 13.0 Å². The average molecular weight is 331 g/mol. The summed E-state index contributed by atoms with van der Waals surface area (Å²) < 4.78 is 27.2. The summed E-state index contributed by atoms with van der Waals surface area (Å²) in [5.41, 5.74) is 6.63. The lowest BCUT2D eigenvalue weighted by Gasteiger charge is -2.10. The van der Waals surface area contributed by atoms with Crippen molar-refractivity contribution >= 4 is 45.4 Å². The summed E-state index contributed by atoms with van der Waals surface area (Å²) in [5, 5.41) is 0. The Kier molecular flexibility index (Phi) is 5.46. The first-order valence-electron chi connectivity index (χ1n) is 5.41. The van der Waals surface area contributed by atoms with Crippen LogP contribution in [0, 0.1) is 12.8 Å². The molecule has 1 fully saturated rings. The van der Waals surface area contributed by atoms with Crippen LogP contribution in [-0.2, 0) is 10.0 Å². The predicted octanol–water partition coefficient (Wildman–Crippen LogP) is 2.15. The van der Waals surface area contributed by atoms with Crippen LogP contribution in [0.2, 0.25) is 4.34 Å². The average Bonchev–Trinajstić information content (AvgIpc) is 3.04. The fourth-order valence-corrected chi connectivity index (χ4v) is 4.36. The number of rotatable bonds is 5. The lowest BCUT2D eigenvalue weighted by molar-refractivity contribution is 0.549. The molecule has 104 valence electrons. The third kappa shape index (κ3) is 3.82. The van der Waals surface area contributed by atoms with Crippen molar-refractivity contribution < 1.29 is 8.42 Å². The van der Waals surface area contributed by atoms with Gasteiger partial charge in [-0.1, -0.05) is 11.6 Å². The minimum Gasteiger partial charge on any atom is -0.326 e. The monoisotopic (exact) mass is 330 g/mol. The van der Waals surface area contributed by atoms with E-state index in [0.717, 1.165) is 29.7 Å². The zero-order chi connectivity index (χ0) is 12.6.